The third-order valence-electron chi connectivity index (χ3n) is 11.2. The van der Waals surface area contributed by atoms with Crippen LogP contribution < -0.4 is 9.64 Å². The Labute approximate surface area is 336 Å². The first-order chi connectivity index (χ1) is 26.9. The predicted molar refractivity (Wildman–Crippen MR) is 216 cm³/mol. The summed E-state index contributed by atoms with van der Waals surface area (Å²) in [6.07, 6.45) is -2.25. The maximum absolute atomic E-state index is 15.0. The van der Waals surface area contributed by atoms with Gasteiger partial charge in [-0.25, -0.2) is 8.78 Å². The van der Waals surface area contributed by atoms with Gasteiger partial charge in [-0.3, -0.25) is 14.5 Å². The smallest absolute Gasteiger partial charge is 0.265 e. The molecule has 1 aromatic heterocycles. The SMILES string of the molecule is COc1cccc(CN(C(=O)c2cc(-c3cc(C(F)F)c(Cl)cc3C(=O)N3Cc4ccccc4C[C@H]3CN3CCOCC3)n(C)c2C)c2ccc(Cl)cc2)c1C. The molecule has 2 aliphatic heterocycles. The minimum Gasteiger partial charge on any atom is -0.496 e. The van der Waals surface area contributed by atoms with Gasteiger partial charge in [0.2, 0.25) is 0 Å². The fourth-order valence-corrected chi connectivity index (χ4v) is 8.19. The second-order valence-electron chi connectivity index (χ2n) is 14.4. The lowest BCUT2D eigenvalue weighted by Gasteiger charge is -2.40. The molecule has 292 valence electrons. The number of hydrogen-bond donors (Lipinski definition) is 0. The minimum atomic E-state index is -2.89. The fourth-order valence-electron chi connectivity index (χ4n) is 7.81. The number of ether oxygens (including phenoxy) is 2. The number of fused-ring (bicyclic) bond motifs is 1. The molecule has 0 radical (unpaired) electrons. The van der Waals surface area contributed by atoms with E-state index < -0.39 is 12.0 Å². The van der Waals surface area contributed by atoms with Gasteiger partial charge in [0.1, 0.15) is 5.75 Å². The molecule has 0 saturated carbocycles. The van der Waals surface area contributed by atoms with Crippen LogP contribution in [0.25, 0.3) is 11.3 Å². The van der Waals surface area contributed by atoms with E-state index in [0.717, 1.165) is 29.8 Å². The summed E-state index contributed by atoms with van der Waals surface area (Å²) in [5, 5.41) is 0.329. The van der Waals surface area contributed by atoms with Crippen LogP contribution in [0.3, 0.4) is 0 Å². The second kappa shape index (κ2) is 16.8. The summed E-state index contributed by atoms with van der Waals surface area (Å²) in [4.78, 5) is 35.5. The average Bonchev–Trinajstić information content (AvgIpc) is 3.50. The highest BCUT2D eigenvalue weighted by atomic mass is 35.5. The molecular formula is C44H44Cl2F2N4O4. The molecule has 1 saturated heterocycles. The Balaban J connectivity index is 1.31. The Morgan fingerprint density at radius 2 is 1.64 bits per heavy atom. The Morgan fingerprint density at radius 3 is 2.34 bits per heavy atom. The summed E-state index contributed by atoms with van der Waals surface area (Å²) < 4.78 is 42.0. The predicted octanol–water partition coefficient (Wildman–Crippen LogP) is 9.31. The fraction of sp³-hybridized carbons (Fsp3) is 0.318. The van der Waals surface area contributed by atoms with Crippen LogP contribution in [0.5, 0.6) is 5.75 Å². The Morgan fingerprint density at radius 1 is 0.929 bits per heavy atom. The molecule has 5 aromatic rings. The van der Waals surface area contributed by atoms with Crippen molar-refractivity contribution < 1.29 is 27.8 Å². The second-order valence-corrected chi connectivity index (χ2v) is 15.2. The van der Waals surface area contributed by atoms with Gasteiger partial charge < -0.3 is 23.8 Å². The number of aromatic nitrogens is 1. The lowest BCUT2D eigenvalue weighted by atomic mass is 9.91. The normalized spacial score (nSPS) is 15.9. The van der Waals surface area contributed by atoms with Crippen molar-refractivity contribution in [3.05, 3.63) is 140 Å². The van der Waals surface area contributed by atoms with Crippen molar-refractivity contribution >= 4 is 40.7 Å². The minimum absolute atomic E-state index is 0.183. The van der Waals surface area contributed by atoms with Crippen LogP contribution in [0.1, 0.15) is 60.7 Å². The van der Waals surface area contributed by atoms with E-state index in [-0.39, 0.29) is 40.6 Å². The van der Waals surface area contributed by atoms with Crippen LogP contribution in [-0.2, 0) is 31.3 Å². The average molecular weight is 802 g/mol. The summed E-state index contributed by atoms with van der Waals surface area (Å²) in [6.45, 7) is 7.70. The number of morpholine rings is 1. The van der Waals surface area contributed by atoms with Crippen LogP contribution in [0.4, 0.5) is 14.5 Å². The van der Waals surface area contributed by atoms with Crippen molar-refractivity contribution in [3.8, 4) is 17.0 Å². The van der Waals surface area contributed by atoms with Crippen molar-refractivity contribution in [2.75, 3.05) is 44.9 Å². The lowest BCUT2D eigenvalue weighted by Crippen LogP contribution is -2.52. The van der Waals surface area contributed by atoms with Crippen molar-refractivity contribution in [3.63, 3.8) is 0 Å². The standard InChI is InChI=1S/C44H44Cl2F2N4O4/c1-27-30(10-7-11-41(27)55-4)24-51(33-14-12-32(45)13-15-33)43(53)35-23-40(49(3)28(35)2)36-21-38(42(47)48)39(46)22-37(36)44(54)52-25-31-9-6-5-8-29(31)20-34(52)26-50-16-18-56-19-17-50/h5-15,21-23,34,42H,16-20,24-26H2,1-4H3/t34-/m0/s1. The number of halogens is 4. The van der Waals surface area contributed by atoms with Gasteiger partial charge in [0.05, 0.1) is 43.0 Å². The van der Waals surface area contributed by atoms with Crippen LogP contribution in [0.15, 0.2) is 84.9 Å². The summed E-state index contributed by atoms with van der Waals surface area (Å²) in [5.74, 6) is 0.0601. The molecule has 56 heavy (non-hydrogen) atoms. The number of nitrogens with zero attached hydrogens (tertiary/aromatic N) is 4. The number of benzene rings is 4. The molecule has 0 bridgehead atoms. The van der Waals surface area contributed by atoms with Gasteiger partial charge in [0.15, 0.2) is 0 Å². The monoisotopic (exact) mass is 800 g/mol. The molecule has 1 atom stereocenters. The van der Waals surface area contributed by atoms with Gasteiger partial charge >= 0.3 is 0 Å². The topological polar surface area (TPSA) is 67.2 Å². The number of carbonyl (C=O) groups excluding carboxylic acids is 2. The first-order valence-electron chi connectivity index (χ1n) is 18.6. The zero-order valence-electron chi connectivity index (χ0n) is 31.8. The van der Waals surface area contributed by atoms with Gasteiger partial charge in [-0.15, -0.1) is 0 Å². The first-order valence-corrected chi connectivity index (χ1v) is 19.4. The molecule has 0 spiro atoms. The van der Waals surface area contributed by atoms with Crippen molar-refractivity contribution in [2.45, 2.75) is 45.8 Å². The molecule has 8 nitrogen and oxygen atoms in total. The first kappa shape index (κ1) is 39.5. The Bertz CT molecular complexity index is 2250. The number of amides is 2. The van der Waals surface area contributed by atoms with E-state index in [1.165, 1.54) is 17.7 Å². The summed E-state index contributed by atoms with van der Waals surface area (Å²) in [5.41, 5.74) is 6.04. The van der Waals surface area contributed by atoms with Crippen LogP contribution >= 0.6 is 23.2 Å². The number of hydrogen-bond acceptors (Lipinski definition) is 5. The zero-order chi connectivity index (χ0) is 39.7. The van der Waals surface area contributed by atoms with E-state index in [4.69, 9.17) is 32.7 Å². The van der Waals surface area contributed by atoms with Gasteiger partial charge in [0.25, 0.3) is 18.2 Å². The molecule has 4 aromatic carbocycles. The van der Waals surface area contributed by atoms with E-state index >= 15 is 0 Å². The molecule has 0 aliphatic carbocycles. The summed E-state index contributed by atoms with van der Waals surface area (Å²) >= 11 is 12.8. The summed E-state index contributed by atoms with van der Waals surface area (Å²) in [6, 6.07) is 24.9. The van der Waals surface area contributed by atoms with Crippen LogP contribution in [0.2, 0.25) is 10.0 Å². The highest BCUT2D eigenvalue weighted by molar-refractivity contribution is 6.32. The van der Waals surface area contributed by atoms with E-state index in [1.807, 2.05) is 48.2 Å². The molecule has 1 fully saturated rings. The van der Waals surface area contributed by atoms with Gasteiger partial charge in [-0.1, -0.05) is 59.6 Å². The van der Waals surface area contributed by atoms with E-state index in [0.29, 0.717) is 66.1 Å². The Hall–Kier alpha value is -4.74. The van der Waals surface area contributed by atoms with Gasteiger partial charge in [0, 0.05) is 72.5 Å². The number of anilines is 1. The quantitative estimate of drug-likeness (QED) is 0.141. The molecule has 0 N–H and O–H groups in total. The number of carbonyl (C=O) groups is 2. The Kier molecular flexibility index (Phi) is 11.8. The van der Waals surface area contributed by atoms with Crippen LogP contribution in [-0.4, -0.2) is 72.2 Å². The summed E-state index contributed by atoms with van der Waals surface area (Å²) in [7, 11) is 3.37. The van der Waals surface area contributed by atoms with Crippen LogP contribution in [0, 0.1) is 13.8 Å². The number of alkyl halides is 2. The largest absolute Gasteiger partial charge is 0.496 e. The van der Waals surface area contributed by atoms with Gasteiger partial charge in [-0.2, -0.15) is 0 Å². The molecule has 7 rings (SSSR count). The molecule has 0 unspecified atom stereocenters. The van der Waals surface area contributed by atoms with Crippen molar-refractivity contribution in [1.82, 2.24) is 14.4 Å². The third kappa shape index (κ3) is 7.93. The van der Waals surface area contributed by atoms with E-state index in [1.54, 1.807) is 60.9 Å². The molecule has 2 amide bonds. The third-order valence-corrected chi connectivity index (χ3v) is 11.7. The number of rotatable bonds is 10. The molecule has 2 aliphatic rings. The molecule has 3 heterocycles. The van der Waals surface area contributed by atoms with E-state index in [9.17, 15) is 18.4 Å². The van der Waals surface area contributed by atoms with Crippen molar-refractivity contribution in [1.29, 1.82) is 0 Å². The lowest BCUT2D eigenvalue weighted by molar-refractivity contribution is 0.0193. The number of methoxy groups -OCH3 is 1. The molecular weight excluding hydrogens is 757 g/mol. The maximum atomic E-state index is 15.0. The maximum Gasteiger partial charge on any atom is 0.265 e. The van der Waals surface area contributed by atoms with Gasteiger partial charge in [-0.05, 0) is 91.1 Å². The van der Waals surface area contributed by atoms with Crippen molar-refractivity contribution in [2.24, 2.45) is 7.05 Å². The highest BCUT2D eigenvalue weighted by Crippen LogP contribution is 2.39. The zero-order valence-corrected chi connectivity index (χ0v) is 33.3. The highest BCUT2D eigenvalue weighted by Gasteiger charge is 2.35. The molecule has 12 heteroatoms. The van der Waals surface area contributed by atoms with E-state index in [2.05, 4.69) is 11.0 Å².